The molecule has 0 fully saturated rings. The molecule has 0 bridgehead atoms. The van der Waals surface area contributed by atoms with Gasteiger partial charge in [0.1, 0.15) is 0 Å². The molecule has 1 N–H and O–H groups in total. The summed E-state index contributed by atoms with van der Waals surface area (Å²) in [5, 5.41) is 0. The first kappa shape index (κ1) is 9.93. The molecule has 2 nitrogen and oxygen atoms in total. The molecule has 0 heterocycles. The van der Waals surface area contributed by atoms with E-state index in [9.17, 15) is 4.57 Å². The van der Waals surface area contributed by atoms with Crippen molar-refractivity contribution in [1.82, 2.24) is 0 Å². The number of allylic oxidation sites excluding steroid dienone is 2. The van der Waals surface area contributed by atoms with Crippen molar-refractivity contribution < 1.29 is 9.46 Å². The molecule has 60 valence electrons. The van der Waals surface area contributed by atoms with Crippen molar-refractivity contribution in [3.05, 3.63) is 12.2 Å². The highest BCUT2D eigenvalue weighted by Crippen LogP contribution is 2.40. The predicted octanol–water partition coefficient (Wildman–Crippen LogP) is 2.24. The minimum atomic E-state index is -2.80. The van der Waals surface area contributed by atoms with E-state index in [4.69, 9.17) is 4.89 Å². The van der Waals surface area contributed by atoms with E-state index in [0.717, 1.165) is 6.42 Å². The van der Waals surface area contributed by atoms with E-state index in [1.165, 1.54) is 0 Å². The van der Waals surface area contributed by atoms with E-state index in [0.29, 0.717) is 12.3 Å². The Balaban J connectivity index is 3.75. The zero-order valence-electron chi connectivity index (χ0n) is 6.58. The van der Waals surface area contributed by atoms with Gasteiger partial charge in [0.25, 0.3) is 0 Å². The fourth-order valence-corrected chi connectivity index (χ4v) is 2.13. The first-order chi connectivity index (χ1) is 4.62. The molecule has 0 aromatic carbocycles. The van der Waals surface area contributed by atoms with Gasteiger partial charge in [-0.2, -0.15) is 0 Å². The Morgan fingerprint density at radius 1 is 1.60 bits per heavy atom. The Bertz CT molecular complexity index is 152. The molecule has 10 heavy (non-hydrogen) atoms. The molecule has 0 rings (SSSR count). The number of hydrogen-bond acceptors (Lipinski definition) is 1. The van der Waals surface area contributed by atoms with Crippen LogP contribution in [0.2, 0.25) is 0 Å². The standard InChI is InChI=1S/C7H15O2P/c1-3-5-7-10(8,9)6-4-2/h3,5H,4,6-7H2,1-2H3,(H,8,9)/b5-3+. The van der Waals surface area contributed by atoms with Crippen LogP contribution >= 0.6 is 7.37 Å². The minimum absolute atomic E-state index is 0.331. The molecule has 0 saturated carbocycles. The largest absolute Gasteiger partial charge is 0.344 e. The molecule has 0 aliphatic rings. The molecule has 0 saturated heterocycles. The van der Waals surface area contributed by atoms with Gasteiger partial charge >= 0.3 is 0 Å². The lowest BCUT2D eigenvalue weighted by Gasteiger charge is -2.05. The zero-order chi connectivity index (χ0) is 8.04. The average Bonchev–Trinajstić information content (AvgIpc) is 1.84. The minimum Gasteiger partial charge on any atom is -0.344 e. The van der Waals surface area contributed by atoms with Crippen LogP contribution in [-0.2, 0) is 4.57 Å². The molecular formula is C7H15O2P. The molecule has 0 spiro atoms. The van der Waals surface area contributed by atoms with Crippen LogP contribution in [0, 0.1) is 0 Å². The molecule has 0 aliphatic heterocycles. The van der Waals surface area contributed by atoms with Gasteiger partial charge in [0.15, 0.2) is 0 Å². The van der Waals surface area contributed by atoms with Crippen molar-refractivity contribution in [2.24, 2.45) is 0 Å². The first-order valence-corrected chi connectivity index (χ1v) is 5.57. The highest BCUT2D eigenvalue weighted by Gasteiger charge is 2.12. The second-order valence-electron chi connectivity index (χ2n) is 2.32. The lowest BCUT2D eigenvalue weighted by atomic mass is 10.6. The van der Waals surface area contributed by atoms with Crippen molar-refractivity contribution in [3.8, 4) is 0 Å². The van der Waals surface area contributed by atoms with Gasteiger partial charge in [-0.05, 0) is 13.3 Å². The maximum absolute atomic E-state index is 11.1. The highest BCUT2D eigenvalue weighted by molar-refractivity contribution is 7.58. The van der Waals surface area contributed by atoms with Gasteiger partial charge in [-0.25, -0.2) is 0 Å². The van der Waals surface area contributed by atoms with Gasteiger partial charge in [-0.15, -0.1) is 0 Å². The van der Waals surface area contributed by atoms with Crippen LogP contribution in [0.15, 0.2) is 12.2 Å². The van der Waals surface area contributed by atoms with Gasteiger partial charge in [0.05, 0.1) is 0 Å². The summed E-state index contributed by atoms with van der Waals surface area (Å²) >= 11 is 0. The van der Waals surface area contributed by atoms with Crippen LogP contribution < -0.4 is 0 Å². The molecule has 0 aliphatic carbocycles. The summed E-state index contributed by atoms with van der Waals surface area (Å²) in [5.41, 5.74) is 0. The lowest BCUT2D eigenvalue weighted by molar-refractivity contribution is 0.480. The molecule has 0 aromatic heterocycles. The highest BCUT2D eigenvalue weighted by atomic mass is 31.2. The van der Waals surface area contributed by atoms with E-state index in [1.807, 2.05) is 13.8 Å². The quantitative estimate of drug-likeness (QED) is 0.508. The smallest absolute Gasteiger partial charge is 0.204 e. The molecule has 0 aromatic rings. The summed E-state index contributed by atoms with van der Waals surface area (Å²) in [5.74, 6) is 0. The topological polar surface area (TPSA) is 37.3 Å². The summed E-state index contributed by atoms with van der Waals surface area (Å²) in [7, 11) is -2.80. The maximum Gasteiger partial charge on any atom is 0.204 e. The summed E-state index contributed by atoms with van der Waals surface area (Å²) in [6.07, 6.45) is 5.11. The first-order valence-electron chi connectivity index (χ1n) is 3.54. The van der Waals surface area contributed by atoms with Gasteiger partial charge in [-0.3, -0.25) is 4.57 Å². The van der Waals surface area contributed by atoms with Crippen LogP contribution in [0.4, 0.5) is 0 Å². The van der Waals surface area contributed by atoms with E-state index in [2.05, 4.69) is 0 Å². The molecule has 0 amide bonds. The molecule has 3 heteroatoms. The van der Waals surface area contributed by atoms with Crippen molar-refractivity contribution in [2.75, 3.05) is 12.3 Å². The normalized spacial score (nSPS) is 17.5. The van der Waals surface area contributed by atoms with Gasteiger partial charge in [0.2, 0.25) is 7.37 Å². The summed E-state index contributed by atoms with van der Waals surface area (Å²) in [6, 6.07) is 0. The molecule has 1 unspecified atom stereocenters. The second kappa shape index (κ2) is 4.70. The van der Waals surface area contributed by atoms with Crippen LogP contribution in [0.5, 0.6) is 0 Å². The average molecular weight is 162 g/mol. The zero-order valence-corrected chi connectivity index (χ0v) is 7.47. The fraction of sp³-hybridized carbons (Fsp3) is 0.714. The SMILES string of the molecule is C/C=C/CP(=O)(O)CCC. The van der Waals surface area contributed by atoms with Gasteiger partial charge < -0.3 is 4.89 Å². The van der Waals surface area contributed by atoms with Crippen LogP contribution in [0.25, 0.3) is 0 Å². The Morgan fingerprint density at radius 2 is 2.20 bits per heavy atom. The summed E-state index contributed by atoms with van der Waals surface area (Å²) in [6.45, 7) is 3.77. The lowest BCUT2D eigenvalue weighted by Crippen LogP contribution is -1.89. The maximum atomic E-state index is 11.1. The van der Waals surface area contributed by atoms with Crippen LogP contribution in [-0.4, -0.2) is 17.2 Å². The van der Waals surface area contributed by atoms with Crippen molar-refractivity contribution in [3.63, 3.8) is 0 Å². The fourth-order valence-electron chi connectivity index (χ4n) is 0.711. The van der Waals surface area contributed by atoms with E-state index in [1.54, 1.807) is 12.2 Å². The van der Waals surface area contributed by atoms with Crippen molar-refractivity contribution >= 4 is 7.37 Å². The monoisotopic (exact) mass is 162 g/mol. The molecule has 0 radical (unpaired) electrons. The number of hydrogen-bond donors (Lipinski definition) is 1. The third-order valence-corrected chi connectivity index (χ3v) is 3.13. The third kappa shape index (κ3) is 4.78. The predicted molar refractivity (Wildman–Crippen MR) is 44.7 cm³/mol. The Hall–Kier alpha value is -0.0700. The van der Waals surface area contributed by atoms with Gasteiger partial charge in [-0.1, -0.05) is 19.1 Å². The third-order valence-electron chi connectivity index (χ3n) is 1.20. The van der Waals surface area contributed by atoms with E-state index < -0.39 is 7.37 Å². The Labute approximate surface area is 62.4 Å². The molecular weight excluding hydrogens is 147 g/mol. The Kier molecular flexibility index (Phi) is 4.67. The Morgan fingerprint density at radius 3 is 2.60 bits per heavy atom. The summed E-state index contributed by atoms with van der Waals surface area (Å²) in [4.78, 5) is 9.15. The van der Waals surface area contributed by atoms with E-state index >= 15 is 0 Å². The number of rotatable bonds is 4. The van der Waals surface area contributed by atoms with Gasteiger partial charge in [0, 0.05) is 12.3 Å². The van der Waals surface area contributed by atoms with Crippen molar-refractivity contribution in [1.29, 1.82) is 0 Å². The van der Waals surface area contributed by atoms with Crippen molar-refractivity contribution in [2.45, 2.75) is 20.3 Å². The summed E-state index contributed by atoms with van der Waals surface area (Å²) < 4.78 is 11.1. The second-order valence-corrected chi connectivity index (χ2v) is 4.83. The molecule has 1 atom stereocenters. The van der Waals surface area contributed by atoms with Crippen LogP contribution in [0.1, 0.15) is 20.3 Å². The van der Waals surface area contributed by atoms with Crippen LogP contribution in [0.3, 0.4) is 0 Å². The van der Waals surface area contributed by atoms with E-state index in [-0.39, 0.29) is 0 Å².